The zero-order valence-electron chi connectivity index (χ0n) is 20.4. The fourth-order valence-electron chi connectivity index (χ4n) is 7.74. The Balaban J connectivity index is 1.37. The number of carbonyl (C=O) groups is 3. The van der Waals surface area contributed by atoms with E-state index in [1.165, 1.54) is 0 Å². The molecule has 5 nitrogen and oxygen atoms in total. The lowest BCUT2D eigenvalue weighted by Gasteiger charge is -2.26. The van der Waals surface area contributed by atoms with Crippen LogP contribution in [0.5, 0.6) is 0 Å². The van der Waals surface area contributed by atoms with Gasteiger partial charge in [0.25, 0.3) is 0 Å². The molecule has 4 bridgehead atoms. The fraction of sp³-hybridized carbons (Fsp3) is 0.452. The SMILES string of the molecule is C#Cc1cccc(C(=O)c2cc(C(=O)C3CC4CC3CC4N)cc(C(=O)C3CC4CC(N)C3C4)c2)c1. The molecular formula is C31H32N2O3. The van der Waals surface area contributed by atoms with Gasteiger partial charge in [0.15, 0.2) is 17.3 Å². The van der Waals surface area contributed by atoms with Crippen LogP contribution in [0.1, 0.15) is 80.7 Å². The Kier molecular flexibility index (Phi) is 5.70. The Bertz CT molecular complexity index is 1310. The van der Waals surface area contributed by atoms with Gasteiger partial charge < -0.3 is 11.5 Å². The lowest BCUT2D eigenvalue weighted by Crippen LogP contribution is -2.36. The molecule has 8 unspecified atom stereocenters. The number of ketones is 3. The van der Waals surface area contributed by atoms with Gasteiger partial charge in [0.05, 0.1) is 0 Å². The van der Waals surface area contributed by atoms with Crippen LogP contribution < -0.4 is 11.5 Å². The molecule has 6 rings (SSSR count). The molecule has 8 atom stereocenters. The van der Waals surface area contributed by atoms with Crippen molar-refractivity contribution in [2.75, 3.05) is 0 Å². The standard InChI is InChI=1S/C31H32N2O3/c1-2-16-4-3-5-18(6-16)29(34)21-11-22(30(35)24-14-20-10-19(24)15-27(20)32)13-23(12-21)31(36)26-8-17-7-25(26)28(33)9-17/h1,3-6,11-13,17,19-20,24-28H,7-10,14-15,32-33H2. The van der Waals surface area contributed by atoms with Crippen LogP contribution in [0.2, 0.25) is 0 Å². The Morgan fingerprint density at radius 3 is 2.06 bits per heavy atom. The number of rotatable bonds is 6. The first-order valence-electron chi connectivity index (χ1n) is 13.2. The number of fused-ring (bicyclic) bond motifs is 4. The van der Waals surface area contributed by atoms with Crippen molar-refractivity contribution in [3.8, 4) is 12.3 Å². The fourth-order valence-corrected chi connectivity index (χ4v) is 7.74. The van der Waals surface area contributed by atoms with Gasteiger partial charge in [-0.25, -0.2) is 0 Å². The average molecular weight is 481 g/mol. The van der Waals surface area contributed by atoms with Gasteiger partial charge in [-0.15, -0.1) is 6.42 Å². The Morgan fingerprint density at radius 1 is 0.722 bits per heavy atom. The summed E-state index contributed by atoms with van der Waals surface area (Å²) in [6.45, 7) is 0. The van der Waals surface area contributed by atoms with Gasteiger partial charge in [-0.3, -0.25) is 14.4 Å². The van der Waals surface area contributed by atoms with Crippen LogP contribution in [0.25, 0.3) is 0 Å². The second-order valence-electron chi connectivity index (χ2n) is 11.6. The molecule has 0 spiro atoms. The molecule has 36 heavy (non-hydrogen) atoms. The Labute approximate surface area is 212 Å². The summed E-state index contributed by atoms with van der Waals surface area (Å²) in [5.74, 6) is 3.47. The number of terminal acetylenes is 1. The molecule has 5 heteroatoms. The molecule has 4 N–H and O–H groups in total. The molecule has 0 aromatic heterocycles. The highest BCUT2D eigenvalue weighted by Gasteiger charge is 2.49. The van der Waals surface area contributed by atoms with E-state index in [-0.39, 0.29) is 53.1 Å². The average Bonchev–Trinajstić information content (AvgIpc) is 3.67. The van der Waals surface area contributed by atoms with Crippen molar-refractivity contribution in [3.05, 3.63) is 70.3 Å². The van der Waals surface area contributed by atoms with Crippen molar-refractivity contribution < 1.29 is 14.4 Å². The molecule has 4 aliphatic carbocycles. The lowest BCUT2D eigenvalue weighted by molar-refractivity contribution is 0.0864. The summed E-state index contributed by atoms with van der Waals surface area (Å²) in [5.41, 5.74) is 14.9. The van der Waals surface area contributed by atoms with Crippen molar-refractivity contribution in [2.24, 2.45) is 47.0 Å². The molecule has 2 aromatic rings. The highest BCUT2D eigenvalue weighted by Crippen LogP contribution is 2.50. The summed E-state index contributed by atoms with van der Waals surface area (Å²) in [5, 5.41) is 0. The van der Waals surface area contributed by atoms with E-state index in [4.69, 9.17) is 17.9 Å². The van der Waals surface area contributed by atoms with Crippen LogP contribution in [-0.2, 0) is 0 Å². The van der Waals surface area contributed by atoms with Crippen LogP contribution in [0.15, 0.2) is 42.5 Å². The first-order chi connectivity index (χ1) is 17.3. The van der Waals surface area contributed by atoms with E-state index in [1.54, 1.807) is 42.5 Å². The topological polar surface area (TPSA) is 103 Å². The molecule has 0 radical (unpaired) electrons. The van der Waals surface area contributed by atoms with Gasteiger partial charge in [-0.2, -0.15) is 0 Å². The predicted octanol–water partition coefficient (Wildman–Crippen LogP) is 4.01. The summed E-state index contributed by atoms with van der Waals surface area (Å²) in [7, 11) is 0. The summed E-state index contributed by atoms with van der Waals surface area (Å²) in [6, 6.07) is 12.2. The molecule has 0 amide bonds. The zero-order valence-corrected chi connectivity index (χ0v) is 20.4. The Morgan fingerprint density at radius 2 is 1.44 bits per heavy atom. The summed E-state index contributed by atoms with van der Waals surface area (Å²) < 4.78 is 0. The molecule has 0 heterocycles. The van der Waals surface area contributed by atoms with Crippen LogP contribution in [-0.4, -0.2) is 29.4 Å². The molecule has 4 fully saturated rings. The number of Topliss-reactive ketones (excluding diaryl/α,β-unsaturated/α-hetero) is 2. The van der Waals surface area contributed by atoms with E-state index in [9.17, 15) is 14.4 Å². The number of nitrogens with two attached hydrogens (primary N) is 2. The molecule has 0 aliphatic heterocycles. The normalized spacial score (nSPS) is 34.0. The monoisotopic (exact) mass is 480 g/mol. The van der Waals surface area contributed by atoms with Gasteiger partial charge in [-0.05, 0) is 92.5 Å². The van der Waals surface area contributed by atoms with Gasteiger partial charge >= 0.3 is 0 Å². The van der Waals surface area contributed by atoms with E-state index in [0.717, 1.165) is 38.5 Å². The van der Waals surface area contributed by atoms with Crippen LogP contribution in [0, 0.1) is 47.9 Å². The zero-order chi connectivity index (χ0) is 25.1. The minimum absolute atomic E-state index is 0.00805. The lowest BCUT2D eigenvalue weighted by atomic mass is 9.78. The maximum Gasteiger partial charge on any atom is 0.193 e. The number of hydrogen-bond donors (Lipinski definition) is 2. The van der Waals surface area contributed by atoms with E-state index >= 15 is 0 Å². The second-order valence-corrected chi connectivity index (χ2v) is 11.6. The molecule has 4 aliphatic rings. The molecular weight excluding hydrogens is 448 g/mol. The van der Waals surface area contributed by atoms with Crippen molar-refractivity contribution in [1.29, 1.82) is 0 Å². The minimum Gasteiger partial charge on any atom is -0.327 e. The minimum atomic E-state index is -0.240. The van der Waals surface area contributed by atoms with E-state index in [1.807, 2.05) is 0 Å². The third kappa shape index (κ3) is 3.84. The molecule has 184 valence electrons. The van der Waals surface area contributed by atoms with Gasteiger partial charge in [0.2, 0.25) is 0 Å². The van der Waals surface area contributed by atoms with Crippen molar-refractivity contribution in [3.63, 3.8) is 0 Å². The van der Waals surface area contributed by atoms with Crippen molar-refractivity contribution in [1.82, 2.24) is 0 Å². The quantitative estimate of drug-likeness (QED) is 0.480. The van der Waals surface area contributed by atoms with E-state index < -0.39 is 0 Å². The summed E-state index contributed by atoms with van der Waals surface area (Å²) >= 11 is 0. The third-order valence-electron chi connectivity index (χ3n) is 9.51. The first kappa shape index (κ1) is 23.3. The van der Waals surface area contributed by atoms with E-state index in [2.05, 4.69) is 5.92 Å². The molecule has 0 saturated heterocycles. The van der Waals surface area contributed by atoms with Crippen LogP contribution in [0.4, 0.5) is 0 Å². The Hall–Kier alpha value is -3.07. The first-order valence-corrected chi connectivity index (χ1v) is 13.2. The van der Waals surface area contributed by atoms with E-state index in [0.29, 0.717) is 39.7 Å². The van der Waals surface area contributed by atoms with Gasteiger partial charge in [-0.1, -0.05) is 18.1 Å². The van der Waals surface area contributed by atoms with Crippen molar-refractivity contribution in [2.45, 2.75) is 50.6 Å². The van der Waals surface area contributed by atoms with Gasteiger partial charge in [0, 0.05) is 51.7 Å². The number of carbonyl (C=O) groups excluding carboxylic acids is 3. The summed E-state index contributed by atoms with van der Waals surface area (Å²) in [4.78, 5) is 41.0. The third-order valence-corrected chi connectivity index (χ3v) is 9.51. The van der Waals surface area contributed by atoms with Crippen LogP contribution >= 0.6 is 0 Å². The van der Waals surface area contributed by atoms with Crippen molar-refractivity contribution >= 4 is 17.3 Å². The maximum atomic E-state index is 13.7. The maximum absolute atomic E-state index is 13.7. The summed E-state index contributed by atoms with van der Waals surface area (Å²) in [6.07, 6.45) is 11.0. The molecule has 2 aromatic carbocycles. The second kappa shape index (κ2) is 8.80. The van der Waals surface area contributed by atoms with Gasteiger partial charge in [0.1, 0.15) is 0 Å². The number of benzene rings is 2. The predicted molar refractivity (Wildman–Crippen MR) is 138 cm³/mol. The largest absolute Gasteiger partial charge is 0.327 e. The highest BCUT2D eigenvalue weighted by atomic mass is 16.1. The highest BCUT2D eigenvalue weighted by molar-refractivity contribution is 6.13. The molecule has 4 saturated carbocycles. The smallest absolute Gasteiger partial charge is 0.193 e. The van der Waals surface area contributed by atoms with Crippen LogP contribution in [0.3, 0.4) is 0 Å². The number of hydrogen-bond acceptors (Lipinski definition) is 5.